The number of benzene rings is 1. The van der Waals surface area contributed by atoms with E-state index in [1.165, 1.54) is 0 Å². The van der Waals surface area contributed by atoms with Gasteiger partial charge in [-0.15, -0.1) is 0 Å². The predicted octanol–water partition coefficient (Wildman–Crippen LogP) is 2.13. The van der Waals surface area contributed by atoms with Gasteiger partial charge in [0, 0.05) is 24.0 Å². The number of nitrogens with one attached hydrogen (secondary N) is 1. The Morgan fingerprint density at radius 2 is 2.04 bits per heavy atom. The van der Waals surface area contributed by atoms with E-state index in [4.69, 9.17) is 11.6 Å². The van der Waals surface area contributed by atoms with Crippen LogP contribution in [-0.2, 0) is 21.4 Å². The van der Waals surface area contributed by atoms with Crippen molar-refractivity contribution in [2.45, 2.75) is 13.5 Å². The lowest BCUT2D eigenvalue weighted by Crippen LogP contribution is -2.40. The molecule has 0 atom stereocenters. The standard InChI is InChI=1S/C16H18ClN3O3S/c1-12-14(17)6-3-7-15(12)20(24(2,22)23)11-16(21)19-10-13-5-4-8-18-9-13/h3-9H,10-11H2,1-2H3,(H,19,21). The zero-order valence-corrected chi connectivity index (χ0v) is 14.9. The maximum atomic E-state index is 12.2. The monoisotopic (exact) mass is 367 g/mol. The van der Waals surface area contributed by atoms with Crippen LogP contribution in [0.25, 0.3) is 0 Å². The smallest absolute Gasteiger partial charge is 0.241 e. The topological polar surface area (TPSA) is 79.4 Å². The molecule has 2 rings (SSSR count). The fourth-order valence-electron chi connectivity index (χ4n) is 2.14. The van der Waals surface area contributed by atoms with E-state index in [9.17, 15) is 13.2 Å². The second-order valence-corrected chi connectivity index (χ2v) is 7.61. The fraction of sp³-hybridized carbons (Fsp3) is 0.250. The van der Waals surface area contributed by atoms with Crippen molar-refractivity contribution in [1.82, 2.24) is 10.3 Å². The number of sulfonamides is 1. The number of aromatic nitrogens is 1. The first kappa shape index (κ1) is 18.2. The van der Waals surface area contributed by atoms with Gasteiger partial charge in [-0.3, -0.25) is 14.1 Å². The number of nitrogens with zero attached hydrogens (tertiary/aromatic N) is 2. The first-order chi connectivity index (χ1) is 11.3. The SMILES string of the molecule is Cc1c(Cl)cccc1N(CC(=O)NCc1cccnc1)S(C)(=O)=O. The van der Waals surface area contributed by atoms with Gasteiger partial charge in [0.15, 0.2) is 0 Å². The average Bonchev–Trinajstić information content (AvgIpc) is 2.53. The Hall–Kier alpha value is -2.12. The molecule has 24 heavy (non-hydrogen) atoms. The molecule has 0 saturated heterocycles. The molecule has 1 heterocycles. The van der Waals surface area contributed by atoms with Crippen molar-refractivity contribution in [2.75, 3.05) is 17.1 Å². The number of anilines is 1. The highest BCUT2D eigenvalue weighted by atomic mass is 35.5. The number of carbonyl (C=O) groups excluding carboxylic acids is 1. The normalized spacial score (nSPS) is 11.1. The molecule has 1 aromatic carbocycles. The maximum Gasteiger partial charge on any atom is 0.241 e. The molecule has 0 aliphatic rings. The number of carbonyl (C=O) groups is 1. The highest BCUT2D eigenvalue weighted by molar-refractivity contribution is 7.92. The third-order valence-corrected chi connectivity index (χ3v) is 4.94. The summed E-state index contributed by atoms with van der Waals surface area (Å²) in [6.07, 6.45) is 4.33. The summed E-state index contributed by atoms with van der Waals surface area (Å²) in [5.74, 6) is -0.413. The lowest BCUT2D eigenvalue weighted by molar-refractivity contribution is -0.119. The molecule has 0 radical (unpaired) electrons. The van der Waals surface area contributed by atoms with Crippen molar-refractivity contribution < 1.29 is 13.2 Å². The fourth-order valence-corrected chi connectivity index (χ4v) is 3.21. The lowest BCUT2D eigenvalue weighted by Gasteiger charge is -2.24. The number of pyridine rings is 1. The number of rotatable bonds is 6. The molecule has 1 amide bonds. The summed E-state index contributed by atoms with van der Waals surface area (Å²) in [5, 5.41) is 3.13. The quantitative estimate of drug-likeness (QED) is 0.848. The molecule has 0 aliphatic heterocycles. The van der Waals surface area contributed by atoms with E-state index in [2.05, 4.69) is 10.3 Å². The Labute approximate surface area is 146 Å². The Morgan fingerprint density at radius 3 is 2.67 bits per heavy atom. The Balaban J connectivity index is 2.15. The molecule has 0 spiro atoms. The average molecular weight is 368 g/mol. The van der Waals surface area contributed by atoms with Crippen LogP contribution in [0.2, 0.25) is 5.02 Å². The summed E-state index contributed by atoms with van der Waals surface area (Å²) < 4.78 is 25.2. The van der Waals surface area contributed by atoms with E-state index in [1.807, 2.05) is 6.07 Å². The van der Waals surface area contributed by atoms with Crippen molar-refractivity contribution >= 4 is 33.2 Å². The van der Waals surface area contributed by atoms with Crippen LogP contribution in [0.5, 0.6) is 0 Å². The molecule has 8 heteroatoms. The van der Waals surface area contributed by atoms with Crippen LogP contribution in [0.1, 0.15) is 11.1 Å². The van der Waals surface area contributed by atoms with Crippen LogP contribution >= 0.6 is 11.6 Å². The first-order valence-corrected chi connectivity index (χ1v) is 9.40. The summed E-state index contributed by atoms with van der Waals surface area (Å²) in [4.78, 5) is 16.1. The third-order valence-electron chi connectivity index (χ3n) is 3.41. The zero-order valence-electron chi connectivity index (χ0n) is 13.4. The van der Waals surface area contributed by atoms with Crippen LogP contribution in [0, 0.1) is 6.92 Å². The highest BCUT2D eigenvalue weighted by Gasteiger charge is 2.22. The minimum absolute atomic E-state index is 0.277. The van der Waals surface area contributed by atoms with Gasteiger partial charge in [-0.2, -0.15) is 0 Å². The van der Waals surface area contributed by atoms with E-state index in [1.54, 1.807) is 43.6 Å². The van der Waals surface area contributed by atoms with Gasteiger partial charge in [-0.05, 0) is 36.2 Å². The molecule has 0 saturated carbocycles. The van der Waals surface area contributed by atoms with Gasteiger partial charge in [0.2, 0.25) is 15.9 Å². The molecule has 1 N–H and O–H groups in total. The van der Waals surface area contributed by atoms with Gasteiger partial charge in [-0.1, -0.05) is 23.7 Å². The molecule has 6 nitrogen and oxygen atoms in total. The van der Waals surface area contributed by atoms with Gasteiger partial charge in [0.1, 0.15) is 6.54 Å². The molecule has 0 fully saturated rings. The van der Waals surface area contributed by atoms with Gasteiger partial charge in [-0.25, -0.2) is 8.42 Å². The highest BCUT2D eigenvalue weighted by Crippen LogP contribution is 2.27. The lowest BCUT2D eigenvalue weighted by atomic mass is 10.2. The molecule has 0 aliphatic carbocycles. The van der Waals surface area contributed by atoms with E-state index < -0.39 is 15.9 Å². The summed E-state index contributed by atoms with van der Waals surface area (Å²) in [6.45, 7) is 1.67. The second-order valence-electron chi connectivity index (χ2n) is 5.29. The molecular formula is C16H18ClN3O3S. The summed E-state index contributed by atoms with van der Waals surface area (Å²) in [7, 11) is -3.63. The van der Waals surface area contributed by atoms with Crippen LogP contribution < -0.4 is 9.62 Å². The maximum absolute atomic E-state index is 12.2. The molecule has 1 aromatic heterocycles. The van der Waals surface area contributed by atoms with Crippen LogP contribution in [0.3, 0.4) is 0 Å². The number of hydrogen-bond donors (Lipinski definition) is 1. The zero-order chi connectivity index (χ0) is 17.7. The largest absolute Gasteiger partial charge is 0.350 e. The van der Waals surface area contributed by atoms with Crippen LogP contribution in [0.15, 0.2) is 42.7 Å². The number of halogens is 1. The van der Waals surface area contributed by atoms with E-state index in [0.29, 0.717) is 16.3 Å². The molecule has 0 unspecified atom stereocenters. The van der Waals surface area contributed by atoms with Crippen LogP contribution in [-0.4, -0.2) is 32.1 Å². The molecular weight excluding hydrogens is 350 g/mol. The second kappa shape index (κ2) is 7.63. The minimum atomic E-state index is -3.63. The van der Waals surface area contributed by atoms with Crippen molar-refractivity contribution in [3.05, 3.63) is 58.9 Å². The van der Waals surface area contributed by atoms with Crippen molar-refractivity contribution in [3.8, 4) is 0 Å². The van der Waals surface area contributed by atoms with Crippen molar-refractivity contribution in [3.63, 3.8) is 0 Å². The van der Waals surface area contributed by atoms with Crippen molar-refractivity contribution in [2.24, 2.45) is 0 Å². The molecule has 128 valence electrons. The van der Waals surface area contributed by atoms with Gasteiger partial charge < -0.3 is 5.32 Å². The van der Waals surface area contributed by atoms with E-state index in [0.717, 1.165) is 16.1 Å². The van der Waals surface area contributed by atoms with Crippen LogP contribution in [0.4, 0.5) is 5.69 Å². The Kier molecular flexibility index (Phi) is 5.80. The van der Waals surface area contributed by atoms with Gasteiger partial charge in [0.05, 0.1) is 11.9 Å². The summed E-state index contributed by atoms with van der Waals surface area (Å²) in [6, 6.07) is 8.53. The van der Waals surface area contributed by atoms with E-state index >= 15 is 0 Å². The number of amides is 1. The molecule has 0 bridgehead atoms. The van der Waals surface area contributed by atoms with Crippen molar-refractivity contribution in [1.29, 1.82) is 0 Å². The van der Waals surface area contributed by atoms with Gasteiger partial charge >= 0.3 is 0 Å². The van der Waals surface area contributed by atoms with Gasteiger partial charge in [0.25, 0.3) is 0 Å². The predicted molar refractivity (Wildman–Crippen MR) is 94.5 cm³/mol. The molecule has 2 aromatic rings. The van der Waals surface area contributed by atoms with E-state index in [-0.39, 0.29) is 13.1 Å². The summed E-state index contributed by atoms with van der Waals surface area (Å²) in [5.41, 5.74) is 1.82. The minimum Gasteiger partial charge on any atom is -0.350 e. The number of hydrogen-bond acceptors (Lipinski definition) is 4. The Morgan fingerprint density at radius 1 is 1.29 bits per heavy atom. The summed E-state index contributed by atoms with van der Waals surface area (Å²) >= 11 is 6.06. The Bertz CT molecular complexity index is 826. The first-order valence-electron chi connectivity index (χ1n) is 7.17. The third kappa shape index (κ3) is 4.69.